The van der Waals surface area contributed by atoms with Crippen molar-refractivity contribution in [3.8, 4) is 0 Å². The van der Waals surface area contributed by atoms with Gasteiger partial charge in [0.15, 0.2) is 0 Å². The van der Waals surface area contributed by atoms with Crippen molar-refractivity contribution < 1.29 is 14.5 Å². The fourth-order valence-corrected chi connectivity index (χ4v) is 1.74. The molecule has 16 heavy (non-hydrogen) atoms. The molecule has 1 atom stereocenters. The van der Waals surface area contributed by atoms with Crippen LogP contribution >= 0.6 is 0 Å². The molecule has 0 aliphatic carbocycles. The predicted molar refractivity (Wildman–Crippen MR) is 55.3 cm³/mol. The highest BCUT2D eigenvalue weighted by atomic mass is 19.4. The Labute approximate surface area is 93.5 Å². The number of piperidine rings is 1. The number of halogens is 3. The molecule has 2 nitrogen and oxygen atoms in total. The van der Waals surface area contributed by atoms with Crippen LogP contribution in [0.2, 0.25) is 0 Å². The summed E-state index contributed by atoms with van der Waals surface area (Å²) in [6.07, 6.45) is -1.56. The summed E-state index contributed by atoms with van der Waals surface area (Å²) in [4.78, 5) is 5.33. The van der Waals surface area contributed by atoms with Crippen LogP contribution in [0, 0.1) is 0 Å². The van der Waals surface area contributed by atoms with E-state index in [4.69, 9.17) is 1.37 Å². The highest BCUT2D eigenvalue weighted by Crippen LogP contribution is 2.28. The first kappa shape index (κ1) is 9.93. The van der Waals surface area contributed by atoms with Crippen molar-refractivity contribution in [2.24, 2.45) is 0 Å². The largest absolute Gasteiger partial charge is 0.433 e. The maximum absolute atomic E-state index is 12.3. The summed E-state index contributed by atoms with van der Waals surface area (Å²) in [7, 11) is 0. The van der Waals surface area contributed by atoms with E-state index in [1.165, 1.54) is 12.3 Å². The van der Waals surface area contributed by atoms with Gasteiger partial charge in [-0.2, -0.15) is 13.2 Å². The van der Waals surface area contributed by atoms with Gasteiger partial charge >= 0.3 is 6.18 Å². The van der Waals surface area contributed by atoms with Crippen molar-refractivity contribution in [2.75, 3.05) is 18.0 Å². The molecule has 1 fully saturated rings. The van der Waals surface area contributed by atoms with Gasteiger partial charge in [-0.15, -0.1) is 0 Å². The van der Waals surface area contributed by atoms with Crippen LogP contribution in [0.15, 0.2) is 18.3 Å². The second kappa shape index (κ2) is 4.31. The first-order chi connectivity index (χ1) is 7.97. The van der Waals surface area contributed by atoms with Crippen LogP contribution in [0.3, 0.4) is 0 Å². The summed E-state index contributed by atoms with van der Waals surface area (Å²) in [5.74, 6) is 0. The SMILES string of the molecule is [2H][C@@H]1CCCN(c2ccc(C(F)(F)F)nc2)C1. The van der Waals surface area contributed by atoms with E-state index in [0.717, 1.165) is 25.5 Å². The summed E-state index contributed by atoms with van der Waals surface area (Å²) >= 11 is 0. The van der Waals surface area contributed by atoms with Crippen molar-refractivity contribution in [1.29, 1.82) is 0 Å². The van der Waals surface area contributed by atoms with Gasteiger partial charge in [0.2, 0.25) is 0 Å². The summed E-state index contributed by atoms with van der Waals surface area (Å²) < 4.78 is 44.6. The molecule has 0 amide bonds. The highest BCUT2D eigenvalue weighted by molar-refractivity contribution is 5.45. The van der Waals surface area contributed by atoms with Gasteiger partial charge in [-0.25, -0.2) is 4.98 Å². The van der Waals surface area contributed by atoms with Gasteiger partial charge in [0.05, 0.1) is 11.9 Å². The Balaban J connectivity index is 2.12. The van der Waals surface area contributed by atoms with Crippen molar-refractivity contribution in [2.45, 2.75) is 25.4 Å². The van der Waals surface area contributed by atoms with Crippen LogP contribution < -0.4 is 4.90 Å². The Hall–Kier alpha value is -1.26. The van der Waals surface area contributed by atoms with Gasteiger partial charge in [0.25, 0.3) is 0 Å². The Morgan fingerprint density at radius 3 is 2.62 bits per heavy atom. The third kappa shape index (κ3) is 2.46. The van der Waals surface area contributed by atoms with Crippen molar-refractivity contribution >= 4 is 5.69 Å². The number of anilines is 1. The molecule has 5 heteroatoms. The number of pyridine rings is 1. The highest BCUT2D eigenvalue weighted by Gasteiger charge is 2.32. The first-order valence-electron chi connectivity index (χ1n) is 5.75. The van der Waals surface area contributed by atoms with E-state index in [-0.39, 0.29) is 6.40 Å². The lowest BCUT2D eigenvalue weighted by molar-refractivity contribution is -0.141. The van der Waals surface area contributed by atoms with Crippen LogP contribution in [0.4, 0.5) is 18.9 Å². The minimum Gasteiger partial charge on any atom is -0.370 e. The molecular weight excluding hydrogens is 217 g/mol. The molecule has 0 bridgehead atoms. The van der Waals surface area contributed by atoms with E-state index in [1.54, 1.807) is 0 Å². The van der Waals surface area contributed by atoms with Crippen LogP contribution in [0.5, 0.6) is 0 Å². The average Bonchev–Trinajstić information content (AvgIpc) is 2.28. The fraction of sp³-hybridized carbons (Fsp3) is 0.545. The molecule has 1 aromatic heterocycles. The lowest BCUT2D eigenvalue weighted by atomic mass is 10.1. The third-order valence-electron chi connectivity index (χ3n) is 2.59. The molecule has 0 N–H and O–H groups in total. The normalized spacial score (nSPS) is 23.1. The number of nitrogens with zero attached hydrogens (tertiary/aromatic N) is 2. The van der Waals surface area contributed by atoms with E-state index < -0.39 is 11.9 Å². The zero-order chi connectivity index (χ0) is 12.5. The predicted octanol–water partition coefficient (Wildman–Crippen LogP) is 3.09. The van der Waals surface area contributed by atoms with Crippen molar-refractivity contribution in [3.05, 3.63) is 24.0 Å². The molecular formula is C11H13F3N2. The molecule has 1 aromatic rings. The van der Waals surface area contributed by atoms with E-state index in [2.05, 4.69) is 4.98 Å². The summed E-state index contributed by atoms with van der Waals surface area (Å²) in [6.45, 7) is 1.34. The Morgan fingerprint density at radius 2 is 2.06 bits per heavy atom. The van der Waals surface area contributed by atoms with Gasteiger partial charge < -0.3 is 4.90 Å². The Morgan fingerprint density at radius 1 is 1.25 bits per heavy atom. The molecule has 0 unspecified atom stereocenters. The van der Waals surface area contributed by atoms with Gasteiger partial charge in [-0.05, 0) is 31.4 Å². The number of hydrogen-bond acceptors (Lipinski definition) is 2. The van der Waals surface area contributed by atoms with Gasteiger partial charge in [-0.3, -0.25) is 0 Å². The molecule has 0 aromatic carbocycles. The van der Waals surface area contributed by atoms with Gasteiger partial charge in [-0.1, -0.05) is 0 Å². The molecule has 88 valence electrons. The van der Waals surface area contributed by atoms with Crippen molar-refractivity contribution in [1.82, 2.24) is 4.98 Å². The third-order valence-corrected chi connectivity index (χ3v) is 2.59. The number of aromatic nitrogens is 1. The quantitative estimate of drug-likeness (QED) is 0.738. The van der Waals surface area contributed by atoms with E-state index in [9.17, 15) is 13.2 Å². The van der Waals surface area contributed by atoms with Crippen LogP contribution in [-0.2, 0) is 6.18 Å². The molecule has 2 heterocycles. The number of alkyl halides is 3. The maximum Gasteiger partial charge on any atom is 0.433 e. The second-order valence-electron chi connectivity index (χ2n) is 3.78. The van der Waals surface area contributed by atoms with Gasteiger partial charge in [0, 0.05) is 14.5 Å². The minimum atomic E-state index is -4.39. The second-order valence-corrected chi connectivity index (χ2v) is 3.78. The topological polar surface area (TPSA) is 16.1 Å². The minimum absolute atomic E-state index is 0.161. The molecule has 0 radical (unpaired) electrons. The fourth-order valence-electron chi connectivity index (χ4n) is 1.74. The molecule has 2 rings (SSSR count). The van der Waals surface area contributed by atoms with E-state index in [0.29, 0.717) is 12.2 Å². The maximum atomic E-state index is 12.3. The van der Waals surface area contributed by atoms with E-state index in [1.807, 2.05) is 4.90 Å². The molecule has 1 aliphatic rings. The van der Waals surface area contributed by atoms with Crippen molar-refractivity contribution in [3.63, 3.8) is 0 Å². The Bertz CT molecular complexity index is 377. The van der Waals surface area contributed by atoms with Crippen LogP contribution in [0.25, 0.3) is 0 Å². The average molecular weight is 231 g/mol. The lowest BCUT2D eigenvalue weighted by Gasteiger charge is -2.28. The zero-order valence-electron chi connectivity index (χ0n) is 9.67. The first-order valence-corrected chi connectivity index (χ1v) is 5.17. The number of hydrogen-bond donors (Lipinski definition) is 0. The zero-order valence-corrected chi connectivity index (χ0v) is 8.67. The lowest BCUT2D eigenvalue weighted by Crippen LogP contribution is -2.29. The summed E-state index contributed by atoms with van der Waals surface area (Å²) in [5, 5.41) is 0. The monoisotopic (exact) mass is 231 g/mol. The Kier molecular flexibility index (Phi) is 2.68. The number of rotatable bonds is 1. The van der Waals surface area contributed by atoms with Gasteiger partial charge in [0.1, 0.15) is 5.69 Å². The molecule has 1 saturated heterocycles. The standard InChI is InChI=1S/C11H13F3N2/c12-11(13,14)10-5-4-9(8-15-10)16-6-2-1-3-7-16/h4-5,8H,1-3,6-7H2/i2D/t2-/m1/s1. The van der Waals surface area contributed by atoms with E-state index >= 15 is 0 Å². The van der Waals surface area contributed by atoms with Crippen LogP contribution in [-0.4, -0.2) is 18.1 Å². The summed E-state index contributed by atoms with van der Waals surface area (Å²) in [5.41, 5.74) is -0.212. The summed E-state index contributed by atoms with van der Waals surface area (Å²) in [6, 6.07) is 2.41. The smallest absolute Gasteiger partial charge is 0.370 e. The molecule has 1 aliphatic heterocycles. The molecule has 0 saturated carbocycles. The molecule has 0 spiro atoms. The van der Waals surface area contributed by atoms with Crippen LogP contribution in [0.1, 0.15) is 26.3 Å².